The Morgan fingerprint density at radius 1 is 1.35 bits per heavy atom. The maximum Gasteiger partial charge on any atom is 0.185 e. The molecule has 0 saturated heterocycles. The molecule has 0 aromatic carbocycles. The largest absolute Gasteiger partial charge is 0.345 e. The summed E-state index contributed by atoms with van der Waals surface area (Å²) in [5.41, 5.74) is 2.13. The summed E-state index contributed by atoms with van der Waals surface area (Å²) in [6.45, 7) is 7.98. The molecule has 0 bridgehead atoms. The van der Waals surface area contributed by atoms with Crippen molar-refractivity contribution in [3.05, 3.63) is 40.7 Å². The number of hydrogen-bond acceptors (Lipinski definition) is 5. The van der Waals surface area contributed by atoms with Gasteiger partial charge in [-0.2, -0.15) is 0 Å². The molecule has 2 aromatic rings. The number of aromatic nitrogens is 2. The first-order valence-corrected chi connectivity index (χ1v) is 7.68. The molecule has 2 heterocycles. The fourth-order valence-corrected chi connectivity index (χ4v) is 2.68. The lowest BCUT2D eigenvalue weighted by molar-refractivity contribution is 0.593. The first kappa shape index (κ1) is 14.9. The molecule has 0 atom stereocenters. The molecule has 4 nitrogen and oxygen atoms in total. The fraction of sp³-hybridized carbons (Fsp3) is 0.467. The van der Waals surface area contributed by atoms with Gasteiger partial charge in [-0.25, -0.2) is 4.98 Å². The van der Waals surface area contributed by atoms with Gasteiger partial charge >= 0.3 is 0 Å². The number of hydrogen-bond donors (Lipinski definition) is 1. The molecule has 20 heavy (non-hydrogen) atoms. The third kappa shape index (κ3) is 4.28. The molecular weight excluding hydrogens is 268 g/mol. The molecule has 0 fully saturated rings. The highest BCUT2D eigenvalue weighted by Crippen LogP contribution is 2.22. The first-order valence-electron chi connectivity index (χ1n) is 6.86. The van der Waals surface area contributed by atoms with Crippen LogP contribution in [0.25, 0.3) is 0 Å². The number of nitrogens with zero attached hydrogens (tertiary/aromatic N) is 3. The molecule has 0 aliphatic rings. The monoisotopic (exact) mass is 290 g/mol. The van der Waals surface area contributed by atoms with E-state index in [1.54, 1.807) is 11.3 Å². The highest BCUT2D eigenvalue weighted by Gasteiger charge is 2.08. The van der Waals surface area contributed by atoms with Crippen LogP contribution in [0.1, 0.15) is 30.1 Å². The molecule has 108 valence electrons. The second-order valence-electron chi connectivity index (χ2n) is 5.27. The average Bonchev–Trinajstić information content (AvgIpc) is 2.85. The fourth-order valence-electron chi connectivity index (χ4n) is 1.86. The van der Waals surface area contributed by atoms with Crippen molar-refractivity contribution in [2.75, 3.05) is 11.9 Å². The molecule has 0 amide bonds. The highest BCUT2D eigenvalue weighted by molar-refractivity contribution is 7.15. The topological polar surface area (TPSA) is 41.1 Å². The maximum absolute atomic E-state index is 4.53. The number of nitrogens with one attached hydrogen (secondary N) is 1. The minimum absolute atomic E-state index is 0.495. The summed E-state index contributed by atoms with van der Waals surface area (Å²) in [7, 11) is 2.06. The zero-order valence-electron chi connectivity index (χ0n) is 12.6. The molecule has 2 aromatic heterocycles. The number of aryl methyl sites for hydroxylation is 1. The quantitative estimate of drug-likeness (QED) is 0.888. The van der Waals surface area contributed by atoms with Gasteiger partial charge in [0.1, 0.15) is 0 Å². The van der Waals surface area contributed by atoms with Crippen molar-refractivity contribution in [3.8, 4) is 0 Å². The van der Waals surface area contributed by atoms with Crippen LogP contribution in [0.2, 0.25) is 0 Å². The second kappa shape index (κ2) is 6.81. The van der Waals surface area contributed by atoms with Crippen LogP contribution in [0.5, 0.6) is 0 Å². The van der Waals surface area contributed by atoms with Crippen molar-refractivity contribution in [2.24, 2.45) is 0 Å². The lowest BCUT2D eigenvalue weighted by Gasteiger charge is -2.15. The van der Waals surface area contributed by atoms with Gasteiger partial charge < -0.3 is 10.2 Å². The van der Waals surface area contributed by atoms with Crippen LogP contribution >= 0.6 is 11.3 Å². The van der Waals surface area contributed by atoms with Crippen molar-refractivity contribution >= 4 is 16.5 Å². The summed E-state index contributed by atoms with van der Waals surface area (Å²) in [4.78, 5) is 12.4. The normalized spacial score (nSPS) is 11.1. The van der Waals surface area contributed by atoms with Crippen LogP contribution in [0.3, 0.4) is 0 Å². The number of pyridine rings is 1. The Kier molecular flexibility index (Phi) is 5.09. The summed E-state index contributed by atoms with van der Waals surface area (Å²) in [5.74, 6) is 0. The van der Waals surface area contributed by atoms with Gasteiger partial charge in [0.25, 0.3) is 0 Å². The summed E-state index contributed by atoms with van der Waals surface area (Å²) >= 11 is 1.73. The van der Waals surface area contributed by atoms with Crippen molar-refractivity contribution in [1.29, 1.82) is 0 Å². The molecule has 0 saturated carbocycles. The minimum Gasteiger partial charge on any atom is -0.345 e. The van der Waals surface area contributed by atoms with E-state index >= 15 is 0 Å². The third-order valence-corrected chi connectivity index (χ3v) is 4.01. The molecule has 0 aliphatic heterocycles. The smallest absolute Gasteiger partial charge is 0.185 e. The summed E-state index contributed by atoms with van der Waals surface area (Å²) in [6, 6.07) is 6.61. The van der Waals surface area contributed by atoms with Gasteiger partial charge in [-0.15, -0.1) is 11.3 Å². The van der Waals surface area contributed by atoms with Crippen molar-refractivity contribution in [2.45, 2.75) is 39.9 Å². The standard InChI is InChI=1S/C15H22N4S/c1-11(2)16-8-14-9-17-15(20-14)19(4)10-13-7-5-6-12(3)18-13/h5-7,9,11,16H,8,10H2,1-4H3. The van der Waals surface area contributed by atoms with Crippen LogP contribution in [-0.4, -0.2) is 23.1 Å². The number of thiazole rings is 1. The Morgan fingerprint density at radius 2 is 2.15 bits per heavy atom. The maximum atomic E-state index is 4.53. The predicted octanol–water partition coefficient (Wildman–Crippen LogP) is 2.98. The lowest BCUT2D eigenvalue weighted by atomic mass is 10.3. The van der Waals surface area contributed by atoms with Gasteiger partial charge in [-0.05, 0) is 19.1 Å². The van der Waals surface area contributed by atoms with Crippen molar-refractivity contribution in [3.63, 3.8) is 0 Å². The van der Waals surface area contributed by atoms with Gasteiger partial charge in [0, 0.05) is 36.4 Å². The molecule has 2 rings (SSSR count). The van der Waals surface area contributed by atoms with E-state index in [2.05, 4.69) is 47.1 Å². The second-order valence-corrected chi connectivity index (χ2v) is 6.36. The van der Waals surface area contributed by atoms with E-state index in [0.29, 0.717) is 6.04 Å². The summed E-state index contributed by atoms with van der Waals surface area (Å²) in [6.07, 6.45) is 1.95. The van der Waals surface area contributed by atoms with E-state index in [0.717, 1.165) is 29.6 Å². The molecular formula is C15H22N4S. The zero-order chi connectivity index (χ0) is 14.5. The number of anilines is 1. The van der Waals surface area contributed by atoms with Gasteiger partial charge in [-0.1, -0.05) is 19.9 Å². The Morgan fingerprint density at radius 3 is 2.85 bits per heavy atom. The molecule has 0 unspecified atom stereocenters. The van der Waals surface area contributed by atoms with E-state index in [-0.39, 0.29) is 0 Å². The molecule has 0 aliphatic carbocycles. The van der Waals surface area contributed by atoms with Gasteiger partial charge in [-0.3, -0.25) is 4.98 Å². The van der Waals surface area contributed by atoms with Gasteiger partial charge in [0.15, 0.2) is 5.13 Å². The van der Waals surface area contributed by atoms with E-state index in [1.165, 1.54) is 4.88 Å². The molecule has 0 spiro atoms. The summed E-state index contributed by atoms with van der Waals surface area (Å²) in [5, 5.41) is 4.45. The predicted molar refractivity (Wildman–Crippen MR) is 85.2 cm³/mol. The Labute approximate surface area is 124 Å². The Balaban J connectivity index is 1.97. The van der Waals surface area contributed by atoms with Crippen LogP contribution in [0.4, 0.5) is 5.13 Å². The van der Waals surface area contributed by atoms with Crippen LogP contribution in [0, 0.1) is 6.92 Å². The van der Waals surface area contributed by atoms with E-state index in [4.69, 9.17) is 0 Å². The Bertz CT molecular complexity index is 550. The van der Waals surface area contributed by atoms with Gasteiger partial charge in [0.2, 0.25) is 0 Å². The van der Waals surface area contributed by atoms with Crippen LogP contribution in [-0.2, 0) is 13.1 Å². The van der Waals surface area contributed by atoms with E-state index in [1.807, 2.05) is 25.3 Å². The lowest BCUT2D eigenvalue weighted by Crippen LogP contribution is -2.21. The zero-order valence-corrected chi connectivity index (χ0v) is 13.4. The molecule has 0 radical (unpaired) electrons. The van der Waals surface area contributed by atoms with Crippen molar-refractivity contribution < 1.29 is 0 Å². The SMILES string of the molecule is Cc1cccc(CN(C)c2ncc(CNC(C)C)s2)n1. The first-order chi connectivity index (χ1) is 9.54. The number of rotatable bonds is 6. The van der Waals surface area contributed by atoms with Crippen molar-refractivity contribution in [1.82, 2.24) is 15.3 Å². The minimum atomic E-state index is 0.495. The van der Waals surface area contributed by atoms with E-state index < -0.39 is 0 Å². The molecule has 1 N–H and O–H groups in total. The van der Waals surface area contributed by atoms with Gasteiger partial charge in [0.05, 0.1) is 12.2 Å². The summed E-state index contributed by atoms with van der Waals surface area (Å²) < 4.78 is 0. The third-order valence-electron chi connectivity index (χ3n) is 2.90. The van der Waals surface area contributed by atoms with Crippen LogP contribution < -0.4 is 10.2 Å². The Hall–Kier alpha value is -1.46. The molecule has 5 heteroatoms. The van der Waals surface area contributed by atoms with Crippen LogP contribution in [0.15, 0.2) is 24.4 Å². The van der Waals surface area contributed by atoms with E-state index in [9.17, 15) is 0 Å². The average molecular weight is 290 g/mol. The highest BCUT2D eigenvalue weighted by atomic mass is 32.1.